The van der Waals surface area contributed by atoms with Crippen molar-refractivity contribution >= 4 is 41.3 Å². The van der Waals surface area contributed by atoms with Crippen LogP contribution in [-0.4, -0.2) is 30.6 Å². The first kappa shape index (κ1) is 25.6. The van der Waals surface area contributed by atoms with E-state index in [9.17, 15) is 13.2 Å². The number of alkyl halides is 3. The Morgan fingerprint density at radius 1 is 1.14 bits per heavy atom. The smallest absolute Gasteiger partial charge is 0.377 e. The standard InChI is InChI=1S/C19H25F3N4OS.HI/c1-3-23-18(24-10-9-17-26-16(13-28-17)19(20,21)22)25-11-14-5-7-15(8-6-14)12-27-4-2;/h5-8,13H,3-4,9-12H2,1-2H3,(H2,23,24,25);1H. The van der Waals surface area contributed by atoms with Gasteiger partial charge in [-0.3, -0.25) is 0 Å². The molecule has 162 valence electrons. The van der Waals surface area contributed by atoms with Crippen LogP contribution in [0.4, 0.5) is 13.2 Å². The van der Waals surface area contributed by atoms with Gasteiger partial charge < -0.3 is 15.4 Å². The number of aromatic nitrogens is 1. The number of nitrogens with zero attached hydrogens (tertiary/aromatic N) is 2. The molecular formula is C19H26F3IN4OS. The average molecular weight is 542 g/mol. The summed E-state index contributed by atoms with van der Waals surface area (Å²) in [6.45, 7) is 6.83. The van der Waals surface area contributed by atoms with E-state index in [0.717, 1.165) is 27.8 Å². The number of halogens is 4. The lowest BCUT2D eigenvalue weighted by atomic mass is 10.1. The molecule has 0 fully saturated rings. The zero-order valence-corrected chi connectivity index (χ0v) is 19.5. The lowest BCUT2D eigenvalue weighted by molar-refractivity contribution is -0.140. The number of aliphatic imine (C=N–C) groups is 1. The van der Waals surface area contributed by atoms with E-state index in [1.165, 1.54) is 0 Å². The average Bonchev–Trinajstić information content (AvgIpc) is 3.15. The summed E-state index contributed by atoms with van der Waals surface area (Å²) in [4.78, 5) is 8.15. The second kappa shape index (κ2) is 13.0. The molecule has 0 aliphatic carbocycles. The minimum Gasteiger partial charge on any atom is -0.377 e. The van der Waals surface area contributed by atoms with E-state index in [1.54, 1.807) is 0 Å². The highest BCUT2D eigenvalue weighted by Crippen LogP contribution is 2.29. The second-order valence-corrected chi connectivity index (χ2v) is 6.89. The minimum atomic E-state index is -4.39. The summed E-state index contributed by atoms with van der Waals surface area (Å²) < 4.78 is 43.2. The van der Waals surface area contributed by atoms with Crippen LogP contribution in [0.25, 0.3) is 0 Å². The summed E-state index contributed by atoms with van der Waals surface area (Å²) >= 11 is 1.02. The van der Waals surface area contributed by atoms with Crippen LogP contribution in [0.5, 0.6) is 0 Å². The molecule has 5 nitrogen and oxygen atoms in total. The summed E-state index contributed by atoms with van der Waals surface area (Å²) in [6, 6.07) is 8.05. The molecule has 0 saturated heterocycles. The van der Waals surface area contributed by atoms with Gasteiger partial charge in [-0.1, -0.05) is 24.3 Å². The van der Waals surface area contributed by atoms with Gasteiger partial charge in [-0.15, -0.1) is 35.3 Å². The van der Waals surface area contributed by atoms with Gasteiger partial charge in [0.1, 0.15) is 0 Å². The molecule has 0 aliphatic heterocycles. The number of hydrogen-bond acceptors (Lipinski definition) is 4. The molecule has 0 atom stereocenters. The predicted octanol–water partition coefficient (Wildman–Crippen LogP) is 4.61. The van der Waals surface area contributed by atoms with Crippen LogP contribution in [0.1, 0.15) is 35.7 Å². The van der Waals surface area contributed by atoms with Crippen molar-refractivity contribution in [1.29, 1.82) is 0 Å². The Balaban J connectivity index is 0.00000420. The fourth-order valence-electron chi connectivity index (χ4n) is 2.32. The van der Waals surface area contributed by atoms with Crippen LogP contribution in [0.15, 0.2) is 34.6 Å². The van der Waals surface area contributed by atoms with Gasteiger partial charge in [-0.25, -0.2) is 9.98 Å². The molecule has 0 spiro atoms. The summed E-state index contributed by atoms with van der Waals surface area (Å²) in [5.41, 5.74) is 1.34. The van der Waals surface area contributed by atoms with Crippen molar-refractivity contribution < 1.29 is 17.9 Å². The van der Waals surface area contributed by atoms with Crippen LogP contribution < -0.4 is 10.6 Å². The van der Waals surface area contributed by atoms with Gasteiger partial charge in [0.25, 0.3) is 0 Å². The fraction of sp³-hybridized carbons (Fsp3) is 0.474. The van der Waals surface area contributed by atoms with Crippen LogP contribution in [0.3, 0.4) is 0 Å². The van der Waals surface area contributed by atoms with E-state index in [0.29, 0.717) is 50.2 Å². The molecule has 10 heteroatoms. The Bertz CT molecular complexity index is 751. The number of guanidine groups is 1. The highest BCUT2D eigenvalue weighted by molar-refractivity contribution is 14.0. The van der Waals surface area contributed by atoms with E-state index in [1.807, 2.05) is 38.1 Å². The first-order valence-corrected chi connectivity index (χ1v) is 9.99. The number of rotatable bonds is 9. The lowest BCUT2D eigenvalue weighted by Gasteiger charge is -2.11. The highest BCUT2D eigenvalue weighted by atomic mass is 127. The van der Waals surface area contributed by atoms with E-state index >= 15 is 0 Å². The van der Waals surface area contributed by atoms with Gasteiger partial charge in [0.2, 0.25) is 0 Å². The SMILES string of the molecule is CCNC(=NCc1ccc(COCC)cc1)NCCc1nc(C(F)(F)F)cs1.I. The van der Waals surface area contributed by atoms with Crippen LogP contribution in [-0.2, 0) is 30.5 Å². The van der Waals surface area contributed by atoms with E-state index < -0.39 is 11.9 Å². The predicted molar refractivity (Wildman–Crippen MR) is 121 cm³/mol. The quantitative estimate of drug-likeness (QED) is 0.276. The Labute approximate surface area is 190 Å². The topological polar surface area (TPSA) is 58.5 Å². The molecule has 2 rings (SSSR count). The van der Waals surface area contributed by atoms with Gasteiger partial charge in [-0.05, 0) is 25.0 Å². The van der Waals surface area contributed by atoms with E-state index in [4.69, 9.17) is 4.74 Å². The first-order valence-electron chi connectivity index (χ1n) is 9.11. The molecule has 29 heavy (non-hydrogen) atoms. The lowest BCUT2D eigenvalue weighted by Crippen LogP contribution is -2.38. The van der Waals surface area contributed by atoms with Gasteiger partial charge in [0.15, 0.2) is 11.7 Å². The molecule has 0 unspecified atom stereocenters. The number of nitrogens with one attached hydrogen (secondary N) is 2. The van der Waals surface area contributed by atoms with Crippen molar-refractivity contribution in [3.8, 4) is 0 Å². The molecule has 2 N–H and O–H groups in total. The Kier molecular flexibility index (Phi) is 11.5. The molecular weight excluding hydrogens is 516 g/mol. The van der Waals surface area contributed by atoms with E-state index in [-0.39, 0.29) is 24.0 Å². The van der Waals surface area contributed by atoms with Crippen LogP contribution in [0.2, 0.25) is 0 Å². The molecule has 0 bridgehead atoms. The zero-order valence-electron chi connectivity index (χ0n) is 16.4. The van der Waals surface area contributed by atoms with Gasteiger partial charge in [0, 0.05) is 31.5 Å². The number of ether oxygens (including phenoxy) is 1. The summed E-state index contributed by atoms with van der Waals surface area (Å²) in [7, 11) is 0. The Hall–Kier alpha value is -1.40. The first-order chi connectivity index (χ1) is 13.4. The Morgan fingerprint density at radius 2 is 1.83 bits per heavy atom. The third kappa shape index (κ3) is 9.30. The van der Waals surface area contributed by atoms with Gasteiger partial charge in [-0.2, -0.15) is 13.2 Å². The second-order valence-electron chi connectivity index (χ2n) is 5.95. The number of thiazole rings is 1. The molecule has 1 aromatic heterocycles. The maximum Gasteiger partial charge on any atom is 0.434 e. The molecule has 0 amide bonds. The normalized spacial score (nSPS) is 11.8. The number of benzene rings is 1. The summed E-state index contributed by atoms with van der Waals surface area (Å²) in [5.74, 6) is 0.619. The minimum absolute atomic E-state index is 0. The van der Waals surface area contributed by atoms with Crippen molar-refractivity contribution in [2.24, 2.45) is 4.99 Å². The maximum absolute atomic E-state index is 12.6. The van der Waals surface area contributed by atoms with Crippen molar-refractivity contribution in [2.45, 2.75) is 39.6 Å². The van der Waals surface area contributed by atoms with Crippen LogP contribution >= 0.6 is 35.3 Å². The third-order valence-corrected chi connectivity index (χ3v) is 4.64. The molecule has 0 radical (unpaired) electrons. The number of hydrogen-bond donors (Lipinski definition) is 2. The highest BCUT2D eigenvalue weighted by Gasteiger charge is 2.33. The third-order valence-electron chi connectivity index (χ3n) is 3.73. The molecule has 1 heterocycles. The van der Waals surface area contributed by atoms with Gasteiger partial charge in [0.05, 0.1) is 18.2 Å². The molecule has 0 aliphatic rings. The van der Waals surface area contributed by atoms with Crippen LogP contribution in [0, 0.1) is 0 Å². The molecule has 2 aromatic rings. The molecule has 0 saturated carbocycles. The summed E-state index contributed by atoms with van der Waals surface area (Å²) in [6.07, 6.45) is -3.99. The largest absolute Gasteiger partial charge is 0.434 e. The maximum atomic E-state index is 12.6. The molecule has 1 aromatic carbocycles. The monoisotopic (exact) mass is 542 g/mol. The fourth-order valence-corrected chi connectivity index (χ4v) is 3.12. The van der Waals surface area contributed by atoms with Crippen molar-refractivity contribution in [1.82, 2.24) is 15.6 Å². The van der Waals surface area contributed by atoms with Crippen molar-refractivity contribution in [3.63, 3.8) is 0 Å². The zero-order chi connectivity index (χ0) is 20.4. The van der Waals surface area contributed by atoms with Crippen molar-refractivity contribution in [3.05, 3.63) is 51.5 Å². The summed E-state index contributed by atoms with van der Waals surface area (Å²) in [5, 5.41) is 7.75. The van der Waals surface area contributed by atoms with Gasteiger partial charge >= 0.3 is 6.18 Å². The van der Waals surface area contributed by atoms with E-state index in [2.05, 4.69) is 20.6 Å². The van der Waals surface area contributed by atoms with Crippen molar-refractivity contribution in [2.75, 3.05) is 19.7 Å². The Morgan fingerprint density at radius 3 is 2.41 bits per heavy atom.